The molecule has 1 atom stereocenters. The van der Waals surface area contributed by atoms with Crippen molar-refractivity contribution in [1.82, 2.24) is 14.5 Å². The number of hydrogen-bond acceptors (Lipinski definition) is 6. The smallest absolute Gasteiger partial charge is 0.269 e. The number of fused-ring (bicyclic) bond motifs is 1. The van der Waals surface area contributed by atoms with E-state index in [1.807, 2.05) is 0 Å². The SMILES string of the molecule is COc1cccc(CN(C(=O)CN2C(=O)c3ccccc3S2(=O)=O)[C@H](C)C(=O)NC2CCCCC2)c1. The number of nitrogens with one attached hydrogen (secondary N) is 1. The molecule has 1 aliphatic heterocycles. The maximum absolute atomic E-state index is 13.5. The summed E-state index contributed by atoms with van der Waals surface area (Å²) >= 11 is 0. The van der Waals surface area contributed by atoms with Crippen LogP contribution in [0.1, 0.15) is 54.9 Å². The number of sulfonamides is 1. The fraction of sp³-hybridized carbons (Fsp3) is 0.423. The van der Waals surface area contributed by atoms with Gasteiger partial charge in [0, 0.05) is 12.6 Å². The minimum absolute atomic E-state index is 0.0349. The number of hydrogen-bond donors (Lipinski definition) is 1. The molecule has 0 spiro atoms. The van der Waals surface area contributed by atoms with Crippen LogP contribution in [0.5, 0.6) is 5.75 Å². The molecule has 1 heterocycles. The van der Waals surface area contributed by atoms with Crippen LogP contribution in [0.2, 0.25) is 0 Å². The Bertz CT molecular complexity index is 1260. The molecule has 1 aliphatic carbocycles. The molecule has 2 aliphatic rings. The van der Waals surface area contributed by atoms with E-state index < -0.39 is 34.4 Å². The van der Waals surface area contributed by atoms with Gasteiger partial charge in [0.05, 0.1) is 12.7 Å². The molecule has 3 amide bonds. The zero-order valence-electron chi connectivity index (χ0n) is 20.5. The van der Waals surface area contributed by atoms with E-state index in [0.717, 1.165) is 32.1 Å². The summed E-state index contributed by atoms with van der Waals surface area (Å²) in [5.41, 5.74) is 0.742. The third kappa shape index (κ3) is 5.23. The third-order valence-electron chi connectivity index (χ3n) is 6.80. The molecule has 9 nitrogen and oxygen atoms in total. The first-order chi connectivity index (χ1) is 17.2. The van der Waals surface area contributed by atoms with Gasteiger partial charge < -0.3 is 15.0 Å². The molecule has 4 rings (SSSR count). The fourth-order valence-corrected chi connectivity index (χ4v) is 6.24. The van der Waals surface area contributed by atoms with Gasteiger partial charge in [-0.1, -0.05) is 43.5 Å². The lowest BCUT2D eigenvalue weighted by Gasteiger charge is -2.32. The summed E-state index contributed by atoms with van der Waals surface area (Å²) in [4.78, 5) is 40.7. The lowest BCUT2D eigenvalue weighted by molar-refractivity contribution is -0.140. The minimum Gasteiger partial charge on any atom is -0.497 e. The first kappa shape index (κ1) is 25.7. The van der Waals surface area contributed by atoms with E-state index in [-0.39, 0.29) is 29.0 Å². The van der Waals surface area contributed by atoms with Gasteiger partial charge in [-0.15, -0.1) is 0 Å². The van der Waals surface area contributed by atoms with Crippen molar-refractivity contribution in [3.8, 4) is 5.75 Å². The van der Waals surface area contributed by atoms with Crippen LogP contribution >= 0.6 is 0 Å². The van der Waals surface area contributed by atoms with Crippen LogP contribution in [-0.2, 0) is 26.2 Å². The summed E-state index contributed by atoms with van der Waals surface area (Å²) in [7, 11) is -2.63. The van der Waals surface area contributed by atoms with Crippen molar-refractivity contribution in [1.29, 1.82) is 0 Å². The van der Waals surface area contributed by atoms with Gasteiger partial charge >= 0.3 is 0 Å². The predicted octanol–water partition coefficient (Wildman–Crippen LogP) is 2.71. The second-order valence-corrected chi connectivity index (χ2v) is 11.0. The lowest BCUT2D eigenvalue weighted by Crippen LogP contribution is -2.52. The molecule has 10 heteroatoms. The molecule has 36 heavy (non-hydrogen) atoms. The van der Waals surface area contributed by atoms with E-state index in [0.29, 0.717) is 15.6 Å². The van der Waals surface area contributed by atoms with Crippen molar-refractivity contribution in [3.05, 3.63) is 59.7 Å². The molecule has 0 saturated heterocycles. The number of benzene rings is 2. The summed E-state index contributed by atoms with van der Waals surface area (Å²) in [6.07, 6.45) is 5.01. The van der Waals surface area contributed by atoms with Crippen LogP contribution in [0.15, 0.2) is 53.4 Å². The standard InChI is InChI=1S/C26H31N3O6S/c1-18(25(31)27-20-10-4-3-5-11-20)28(16-19-9-8-12-21(15-19)35-2)24(30)17-29-26(32)22-13-6-7-14-23(22)36(29,33)34/h6-9,12-15,18,20H,3-5,10-11,16-17H2,1-2H3,(H,27,31)/t18-/m1/s1. The second kappa shape index (κ2) is 10.7. The quantitative estimate of drug-likeness (QED) is 0.581. The molecule has 2 aromatic carbocycles. The number of carbonyl (C=O) groups excluding carboxylic acids is 3. The number of rotatable bonds is 8. The predicted molar refractivity (Wildman–Crippen MR) is 133 cm³/mol. The zero-order chi connectivity index (χ0) is 25.9. The van der Waals surface area contributed by atoms with E-state index in [9.17, 15) is 22.8 Å². The molecular weight excluding hydrogens is 482 g/mol. The molecule has 0 bridgehead atoms. The number of amides is 3. The highest BCUT2D eigenvalue weighted by Crippen LogP contribution is 2.30. The Morgan fingerprint density at radius 1 is 1.11 bits per heavy atom. The van der Waals surface area contributed by atoms with Crippen molar-refractivity contribution < 1.29 is 27.5 Å². The average Bonchev–Trinajstić information content (AvgIpc) is 3.08. The van der Waals surface area contributed by atoms with Gasteiger partial charge in [0.15, 0.2) is 0 Å². The Morgan fingerprint density at radius 2 is 1.83 bits per heavy atom. The van der Waals surface area contributed by atoms with E-state index in [4.69, 9.17) is 4.74 Å². The third-order valence-corrected chi connectivity index (χ3v) is 8.58. The van der Waals surface area contributed by atoms with Gasteiger partial charge in [-0.05, 0) is 49.6 Å². The van der Waals surface area contributed by atoms with Crippen LogP contribution in [0.25, 0.3) is 0 Å². The Morgan fingerprint density at radius 3 is 2.53 bits per heavy atom. The van der Waals surface area contributed by atoms with Crippen LogP contribution in [0, 0.1) is 0 Å². The molecule has 0 unspecified atom stereocenters. The highest BCUT2D eigenvalue weighted by atomic mass is 32.2. The second-order valence-electron chi connectivity index (χ2n) is 9.21. The Hall–Kier alpha value is -3.40. The summed E-state index contributed by atoms with van der Waals surface area (Å²) in [6, 6.07) is 12.1. The topological polar surface area (TPSA) is 113 Å². The van der Waals surface area contributed by atoms with E-state index in [1.54, 1.807) is 37.3 Å². The van der Waals surface area contributed by atoms with Gasteiger partial charge in [0.25, 0.3) is 15.9 Å². The maximum atomic E-state index is 13.5. The summed E-state index contributed by atoms with van der Waals surface area (Å²) < 4.78 is 31.9. The van der Waals surface area contributed by atoms with E-state index in [2.05, 4.69) is 5.32 Å². The maximum Gasteiger partial charge on any atom is 0.269 e. The molecule has 0 radical (unpaired) electrons. The minimum atomic E-state index is -4.16. The summed E-state index contributed by atoms with van der Waals surface area (Å²) in [6.45, 7) is 0.969. The fourth-order valence-electron chi connectivity index (χ4n) is 4.72. The molecule has 192 valence electrons. The summed E-state index contributed by atoms with van der Waals surface area (Å²) in [5.74, 6) is -1.11. The number of carbonyl (C=O) groups is 3. The first-order valence-electron chi connectivity index (χ1n) is 12.1. The zero-order valence-corrected chi connectivity index (χ0v) is 21.3. The van der Waals surface area contributed by atoms with Crippen LogP contribution in [0.4, 0.5) is 0 Å². The number of methoxy groups -OCH3 is 1. The summed E-state index contributed by atoms with van der Waals surface area (Å²) in [5, 5.41) is 3.04. The lowest BCUT2D eigenvalue weighted by atomic mass is 9.95. The molecule has 0 aromatic heterocycles. The Balaban J connectivity index is 1.58. The largest absolute Gasteiger partial charge is 0.497 e. The molecule has 1 N–H and O–H groups in total. The van der Waals surface area contributed by atoms with Gasteiger partial charge in [-0.3, -0.25) is 14.4 Å². The highest BCUT2D eigenvalue weighted by molar-refractivity contribution is 7.90. The van der Waals surface area contributed by atoms with Crippen molar-refractivity contribution >= 4 is 27.7 Å². The van der Waals surface area contributed by atoms with Crippen molar-refractivity contribution in [2.24, 2.45) is 0 Å². The van der Waals surface area contributed by atoms with Crippen molar-refractivity contribution in [2.75, 3.05) is 13.7 Å². The Labute approximate surface area is 211 Å². The molecule has 1 saturated carbocycles. The Kier molecular flexibility index (Phi) is 7.63. The average molecular weight is 514 g/mol. The van der Waals surface area contributed by atoms with Crippen LogP contribution in [0.3, 0.4) is 0 Å². The van der Waals surface area contributed by atoms with Gasteiger partial charge in [0.1, 0.15) is 23.2 Å². The monoisotopic (exact) mass is 513 g/mol. The molecule has 2 aromatic rings. The number of ether oxygens (including phenoxy) is 1. The normalized spacial score (nSPS) is 17.8. The molecule has 1 fully saturated rings. The number of nitrogens with zero attached hydrogens (tertiary/aromatic N) is 2. The first-order valence-corrected chi connectivity index (χ1v) is 13.5. The van der Waals surface area contributed by atoms with Crippen molar-refractivity contribution in [3.63, 3.8) is 0 Å². The van der Waals surface area contributed by atoms with Gasteiger partial charge in [-0.25, -0.2) is 12.7 Å². The van der Waals surface area contributed by atoms with Crippen LogP contribution < -0.4 is 10.1 Å². The van der Waals surface area contributed by atoms with Gasteiger partial charge in [-0.2, -0.15) is 0 Å². The van der Waals surface area contributed by atoms with E-state index >= 15 is 0 Å². The van der Waals surface area contributed by atoms with Crippen molar-refractivity contribution in [2.45, 2.75) is 62.6 Å². The van der Waals surface area contributed by atoms with Crippen LogP contribution in [-0.4, -0.2) is 61.1 Å². The molecular formula is C26H31N3O6S. The highest BCUT2D eigenvalue weighted by Gasteiger charge is 2.43. The van der Waals surface area contributed by atoms with Gasteiger partial charge in [0.2, 0.25) is 11.8 Å². The van der Waals surface area contributed by atoms with E-state index in [1.165, 1.54) is 30.2 Å².